The zero-order chi connectivity index (χ0) is 21.0. The fourth-order valence-corrected chi connectivity index (χ4v) is 3.27. The average Bonchev–Trinajstić information content (AvgIpc) is 2.74. The number of ether oxygens (including phenoxy) is 1. The Morgan fingerprint density at radius 3 is 1.90 bits per heavy atom. The number of carbonyl (C=O) groups is 3. The van der Waals surface area contributed by atoms with Crippen molar-refractivity contribution in [2.75, 3.05) is 13.1 Å². The van der Waals surface area contributed by atoms with Gasteiger partial charge in [-0.25, -0.2) is 8.78 Å². The molecule has 0 aromatic heterocycles. The topological polar surface area (TPSA) is 63.7 Å². The zero-order valence-corrected chi connectivity index (χ0v) is 15.9. The van der Waals surface area contributed by atoms with E-state index in [0.717, 1.165) is 0 Å². The summed E-state index contributed by atoms with van der Waals surface area (Å²) in [6.45, 7) is 2.23. The summed E-state index contributed by atoms with van der Waals surface area (Å²) >= 11 is 0. The minimum Gasteiger partial charge on any atom is -0.454 e. The van der Waals surface area contributed by atoms with E-state index in [9.17, 15) is 23.2 Å². The van der Waals surface area contributed by atoms with Gasteiger partial charge in [-0.05, 0) is 68.3 Å². The fourth-order valence-electron chi connectivity index (χ4n) is 3.27. The third-order valence-electron chi connectivity index (χ3n) is 5.00. The van der Waals surface area contributed by atoms with Crippen molar-refractivity contribution in [3.05, 3.63) is 71.3 Å². The van der Waals surface area contributed by atoms with Gasteiger partial charge in [0.2, 0.25) is 5.78 Å². The number of nitrogens with zero attached hydrogens (tertiary/aromatic N) is 1. The fraction of sp³-hybridized carbons (Fsp3) is 0.318. The Kier molecular flexibility index (Phi) is 6.36. The average molecular weight is 401 g/mol. The van der Waals surface area contributed by atoms with Crippen LogP contribution in [0.1, 0.15) is 40.5 Å². The van der Waals surface area contributed by atoms with Gasteiger partial charge in [0.25, 0.3) is 5.91 Å². The van der Waals surface area contributed by atoms with Crippen LogP contribution < -0.4 is 0 Å². The molecule has 2 aromatic carbocycles. The number of carbonyl (C=O) groups excluding carboxylic acids is 3. The van der Waals surface area contributed by atoms with E-state index < -0.39 is 35.4 Å². The van der Waals surface area contributed by atoms with Gasteiger partial charge in [-0.3, -0.25) is 14.4 Å². The predicted molar refractivity (Wildman–Crippen MR) is 101 cm³/mol. The van der Waals surface area contributed by atoms with E-state index in [4.69, 9.17) is 4.74 Å². The molecule has 1 aliphatic rings. The standard InChI is InChI=1S/C22H21F2NO4/c1-14(20(26)15-2-6-18(23)7-3-15)29-22(28)17-10-12-25(13-11-17)21(27)16-4-8-19(24)9-5-16/h2-9,14,17H,10-13H2,1H3/t14-/m0/s1. The molecule has 0 radical (unpaired) electrons. The van der Waals surface area contributed by atoms with Crippen LogP contribution >= 0.6 is 0 Å². The quantitative estimate of drug-likeness (QED) is 0.567. The first kappa shape index (κ1) is 20.6. The Morgan fingerprint density at radius 2 is 1.38 bits per heavy atom. The number of Topliss-reactive ketones (excluding diaryl/α,β-unsaturated/α-hetero) is 1. The Hall–Kier alpha value is -3.09. The summed E-state index contributed by atoms with van der Waals surface area (Å²) in [6.07, 6.45) is -0.140. The summed E-state index contributed by atoms with van der Waals surface area (Å²) in [5.74, 6) is -2.36. The van der Waals surface area contributed by atoms with Gasteiger partial charge in [0.05, 0.1) is 5.92 Å². The number of benzene rings is 2. The number of esters is 1. The van der Waals surface area contributed by atoms with Crippen molar-refractivity contribution in [2.24, 2.45) is 5.92 Å². The van der Waals surface area contributed by atoms with E-state index >= 15 is 0 Å². The van der Waals surface area contributed by atoms with Gasteiger partial charge in [0, 0.05) is 24.2 Å². The third kappa shape index (κ3) is 5.04. The highest BCUT2D eigenvalue weighted by atomic mass is 19.1. The van der Waals surface area contributed by atoms with Crippen molar-refractivity contribution >= 4 is 17.7 Å². The number of hydrogen-bond donors (Lipinski definition) is 0. The minimum absolute atomic E-state index is 0.211. The molecule has 0 aliphatic carbocycles. The molecule has 0 N–H and O–H groups in total. The maximum atomic E-state index is 13.0. The van der Waals surface area contributed by atoms with Crippen LogP contribution in [0, 0.1) is 17.6 Å². The Balaban J connectivity index is 1.51. The molecule has 5 nitrogen and oxygen atoms in total. The van der Waals surface area contributed by atoms with Crippen LogP contribution in [-0.2, 0) is 9.53 Å². The van der Waals surface area contributed by atoms with Crippen LogP contribution in [0.4, 0.5) is 8.78 Å². The van der Waals surface area contributed by atoms with Gasteiger partial charge in [-0.2, -0.15) is 0 Å². The van der Waals surface area contributed by atoms with Crippen molar-refractivity contribution in [3.8, 4) is 0 Å². The van der Waals surface area contributed by atoms with Gasteiger partial charge < -0.3 is 9.64 Å². The largest absolute Gasteiger partial charge is 0.454 e. The molecular formula is C22H21F2NO4. The highest BCUT2D eigenvalue weighted by Crippen LogP contribution is 2.22. The smallest absolute Gasteiger partial charge is 0.309 e. The molecule has 3 rings (SSSR count). The lowest BCUT2D eigenvalue weighted by atomic mass is 9.96. The highest BCUT2D eigenvalue weighted by Gasteiger charge is 2.31. The lowest BCUT2D eigenvalue weighted by Gasteiger charge is -2.31. The van der Waals surface area contributed by atoms with Gasteiger partial charge in [0.1, 0.15) is 11.6 Å². The van der Waals surface area contributed by atoms with Crippen LogP contribution in [0.15, 0.2) is 48.5 Å². The molecule has 1 aliphatic heterocycles. The molecule has 7 heteroatoms. The van der Waals surface area contributed by atoms with Crippen LogP contribution in [0.2, 0.25) is 0 Å². The number of hydrogen-bond acceptors (Lipinski definition) is 4. The lowest BCUT2D eigenvalue weighted by Crippen LogP contribution is -2.41. The van der Waals surface area contributed by atoms with Crippen LogP contribution in [0.25, 0.3) is 0 Å². The van der Waals surface area contributed by atoms with E-state index in [1.165, 1.54) is 55.5 Å². The Morgan fingerprint density at radius 1 is 0.897 bits per heavy atom. The third-order valence-corrected chi connectivity index (χ3v) is 5.00. The molecule has 1 atom stereocenters. The predicted octanol–water partition coefficient (Wildman–Crippen LogP) is 3.63. The van der Waals surface area contributed by atoms with Crippen LogP contribution in [0.5, 0.6) is 0 Å². The van der Waals surface area contributed by atoms with E-state index in [0.29, 0.717) is 31.5 Å². The van der Waals surface area contributed by atoms with Crippen molar-refractivity contribution in [1.82, 2.24) is 4.90 Å². The summed E-state index contributed by atoms with van der Waals surface area (Å²) in [5.41, 5.74) is 0.664. The van der Waals surface area contributed by atoms with Gasteiger partial charge in [0.15, 0.2) is 6.10 Å². The molecule has 0 unspecified atom stereocenters. The lowest BCUT2D eigenvalue weighted by molar-refractivity contribution is -0.152. The monoisotopic (exact) mass is 401 g/mol. The summed E-state index contributed by atoms with van der Waals surface area (Å²) in [4.78, 5) is 38.8. The van der Waals surface area contributed by atoms with Crippen molar-refractivity contribution in [3.63, 3.8) is 0 Å². The Labute approximate surface area is 167 Å². The molecule has 2 aromatic rings. The SMILES string of the molecule is C[C@H](OC(=O)C1CCN(C(=O)c2ccc(F)cc2)CC1)C(=O)c1ccc(F)cc1. The summed E-state index contributed by atoms with van der Waals surface area (Å²) in [6, 6.07) is 10.4. The summed E-state index contributed by atoms with van der Waals surface area (Å²) in [7, 11) is 0. The number of likely N-dealkylation sites (tertiary alicyclic amines) is 1. The number of piperidine rings is 1. The molecule has 1 amide bonds. The first-order valence-electron chi connectivity index (χ1n) is 9.40. The van der Waals surface area contributed by atoms with E-state index in [1.54, 1.807) is 4.90 Å². The maximum absolute atomic E-state index is 13.0. The van der Waals surface area contributed by atoms with E-state index in [2.05, 4.69) is 0 Å². The molecule has 1 heterocycles. The number of halogens is 2. The van der Waals surface area contributed by atoms with Gasteiger partial charge >= 0.3 is 5.97 Å². The van der Waals surface area contributed by atoms with Gasteiger partial charge in [-0.1, -0.05) is 0 Å². The summed E-state index contributed by atoms with van der Waals surface area (Å²) in [5, 5.41) is 0. The summed E-state index contributed by atoms with van der Waals surface area (Å²) < 4.78 is 31.3. The molecule has 0 spiro atoms. The molecule has 1 saturated heterocycles. The highest BCUT2D eigenvalue weighted by molar-refractivity contribution is 6.00. The van der Waals surface area contributed by atoms with E-state index in [1.807, 2.05) is 0 Å². The van der Waals surface area contributed by atoms with Crippen molar-refractivity contribution in [2.45, 2.75) is 25.9 Å². The molecule has 1 fully saturated rings. The second-order valence-corrected chi connectivity index (χ2v) is 7.02. The van der Waals surface area contributed by atoms with E-state index in [-0.39, 0.29) is 11.5 Å². The van der Waals surface area contributed by atoms with Crippen molar-refractivity contribution < 1.29 is 27.9 Å². The normalized spacial score (nSPS) is 15.6. The Bertz CT molecular complexity index is 888. The first-order valence-corrected chi connectivity index (χ1v) is 9.40. The molecule has 29 heavy (non-hydrogen) atoms. The second kappa shape index (κ2) is 8.94. The number of ketones is 1. The van der Waals surface area contributed by atoms with Crippen molar-refractivity contribution in [1.29, 1.82) is 0 Å². The van der Waals surface area contributed by atoms with Gasteiger partial charge in [-0.15, -0.1) is 0 Å². The van der Waals surface area contributed by atoms with Crippen LogP contribution in [-0.4, -0.2) is 41.8 Å². The van der Waals surface area contributed by atoms with Crippen LogP contribution in [0.3, 0.4) is 0 Å². The second-order valence-electron chi connectivity index (χ2n) is 7.02. The molecule has 152 valence electrons. The molecular weight excluding hydrogens is 380 g/mol. The molecule has 0 bridgehead atoms. The molecule has 0 saturated carbocycles. The maximum Gasteiger partial charge on any atom is 0.309 e. The zero-order valence-electron chi connectivity index (χ0n) is 15.9. The minimum atomic E-state index is -0.980. The first-order chi connectivity index (χ1) is 13.8. The number of amides is 1. The number of rotatable bonds is 5.